The van der Waals surface area contributed by atoms with E-state index in [1.807, 2.05) is 6.07 Å². The van der Waals surface area contributed by atoms with Gasteiger partial charge in [-0.25, -0.2) is 4.39 Å². The van der Waals surface area contributed by atoms with Gasteiger partial charge in [0.25, 0.3) is 0 Å². The Morgan fingerprint density at radius 3 is 2.80 bits per heavy atom. The van der Waals surface area contributed by atoms with Crippen molar-refractivity contribution in [3.8, 4) is 0 Å². The monoisotopic (exact) mass is 368 g/mol. The summed E-state index contributed by atoms with van der Waals surface area (Å²) in [7, 11) is 0. The number of nitrogens with zero attached hydrogens (tertiary/aromatic N) is 1. The SMILES string of the molecule is CC(CC(=O)N(CCc1cccc(F)c1)C1CC1)C1CCCNC1.Cl. The molecule has 2 aliphatic rings. The van der Waals surface area contributed by atoms with Crippen LogP contribution in [0.15, 0.2) is 24.3 Å². The van der Waals surface area contributed by atoms with Gasteiger partial charge in [-0.05, 0) is 74.7 Å². The van der Waals surface area contributed by atoms with Gasteiger partial charge in [-0.3, -0.25) is 4.79 Å². The first-order valence-electron chi connectivity index (χ1n) is 9.38. The maximum atomic E-state index is 13.3. The molecule has 140 valence electrons. The van der Waals surface area contributed by atoms with E-state index in [9.17, 15) is 9.18 Å². The summed E-state index contributed by atoms with van der Waals surface area (Å²) in [6, 6.07) is 7.14. The molecule has 0 radical (unpaired) electrons. The molecule has 1 aromatic carbocycles. The number of hydrogen-bond acceptors (Lipinski definition) is 2. The average molecular weight is 369 g/mol. The van der Waals surface area contributed by atoms with E-state index in [2.05, 4.69) is 17.1 Å². The molecule has 1 aliphatic heterocycles. The molecule has 1 amide bonds. The van der Waals surface area contributed by atoms with Crippen LogP contribution >= 0.6 is 12.4 Å². The molecule has 1 N–H and O–H groups in total. The van der Waals surface area contributed by atoms with E-state index in [1.165, 1.54) is 18.9 Å². The Bertz CT molecular complexity index is 558. The Labute approximate surface area is 156 Å². The van der Waals surface area contributed by atoms with Gasteiger partial charge >= 0.3 is 0 Å². The highest BCUT2D eigenvalue weighted by molar-refractivity contribution is 5.85. The lowest BCUT2D eigenvalue weighted by Gasteiger charge is -2.30. The number of nitrogens with one attached hydrogen (secondary N) is 1. The normalized spacial score (nSPS) is 21.3. The lowest BCUT2D eigenvalue weighted by Crippen LogP contribution is -2.39. The third-order valence-electron chi connectivity index (χ3n) is 5.47. The Balaban J connectivity index is 0.00000225. The van der Waals surface area contributed by atoms with Crippen LogP contribution in [-0.2, 0) is 11.2 Å². The van der Waals surface area contributed by atoms with E-state index in [1.54, 1.807) is 12.1 Å². The minimum atomic E-state index is -0.199. The Kier molecular flexibility index (Phi) is 7.70. The molecule has 1 saturated carbocycles. The quantitative estimate of drug-likeness (QED) is 0.793. The van der Waals surface area contributed by atoms with Crippen LogP contribution in [0.2, 0.25) is 0 Å². The molecule has 0 spiro atoms. The molecule has 2 fully saturated rings. The number of halogens is 2. The first kappa shape index (κ1) is 20.2. The van der Waals surface area contributed by atoms with Crippen LogP contribution in [0.3, 0.4) is 0 Å². The van der Waals surface area contributed by atoms with Crippen molar-refractivity contribution in [3.63, 3.8) is 0 Å². The van der Waals surface area contributed by atoms with Gasteiger partial charge in [-0.15, -0.1) is 12.4 Å². The Morgan fingerprint density at radius 1 is 1.36 bits per heavy atom. The van der Waals surface area contributed by atoms with Gasteiger partial charge in [-0.1, -0.05) is 19.1 Å². The van der Waals surface area contributed by atoms with E-state index in [-0.39, 0.29) is 24.1 Å². The van der Waals surface area contributed by atoms with Gasteiger partial charge in [0.1, 0.15) is 5.82 Å². The summed E-state index contributed by atoms with van der Waals surface area (Å²) in [5, 5.41) is 3.44. The second-order valence-corrected chi connectivity index (χ2v) is 7.49. The highest BCUT2D eigenvalue weighted by Crippen LogP contribution is 2.30. The van der Waals surface area contributed by atoms with Crippen molar-refractivity contribution in [1.29, 1.82) is 0 Å². The smallest absolute Gasteiger partial charge is 0.223 e. The molecule has 3 nitrogen and oxygen atoms in total. The fourth-order valence-electron chi connectivity index (χ4n) is 3.76. The van der Waals surface area contributed by atoms with Gasteiger partial charge < -0.3 is 10.2 Å². The number of rotatable bonds is 7. The molecule has 2 unspecified atom stereocenters. The number of carbonyl (C=O) groups is 1. The second kappa shape index (κ2) is 9.54. The fourth-order valence-corrected chi connectivity index (χ4v) is 3.76. The summed E-state index contributed by atoms with van der Waals surface area (Å²) in [6.07, 6.45) is 6.07. The molecule has 0 aromatic heterocycles. The third kappa shape index (κ3) is 5.96. The largest absolute Gasteiger partial charge is 0.339 e. The van der Waals surface area contributed by atoms with Crippen LogP contribution in [0.25, 0.3) is 0 Å². The number of hydrogen-bond donors (Lipinski definition) is 1. The topological polar surface area (TPSA) is 32.3 Å². The van der Waals surface area contributed by atoms with Crippen molar-refractivity contribution < 1.29 is 9.18 Å². The predicted molar refractivity (Wildman–Crippen MR) is 101 cm³/mol. The van der Waals surface area contributed by atoms with E-state index < -0.39 is 0 Å². The van der Waals surface area contributed by atoms with E-state index >= 15 is 0 Å². The highest BCUT2D eigenvalue weighted by Gasteiger charge is 2.33. The third-order valence-corrected chi connectivity index (χ3v) is 5.47. The van der Waals surface area contributed by atoms with Crippen LogP contribution in [0.5, 0.6) is 0 Å². The second-order valence-electron chi connectivity index (χ2n) is 7.49. The van der Waals surface area contributed by atoms with Crippen LogP contribution in [0.4, 0.5) is 4.39 Å². The van der Waals surface area contributed by atoms with Crippen molar-refractivity contribution in [2.24, 2.45) is 11.8 Å². The van der Waals surface area contributed by atoms with Gasteiger partial charge in [0.2, 0.25) is 5.91 Å². The molecule has 1 aromatic rings. The molecule has 2 atom stereocenters. The molecular formula is C20H30ClFN2O. The fraction of sp³-hybridized carbons (Fsp3) is 0.650. The number of amides is 1. The van der Waals surface area contributed by atoms with E-state index in [0.717, 1.165) is 37.9 Å². The summed E-state index contributed by atoms with van der Waals surface area (Å²) >= 11 is 0. The van der Waals surface area contributed by atoms with Crippen LogP contribution in [0, 0.1) is 17.7 Å². The van der Waals surface area contributed by atoms with Crippen LogP contribution in [-0.4, -0.2) is 36.5 Å². The lowest BCUT2D eigenvalue weighted by molar-refractivity contribution is -0.133. The minimum absolute atomic E-state index is 0. The van der Waals surface area contributed by atoms with Crippen molar-refractivity contribution in [1.82, 2.24) is 10.2 Å². The summed E-state index contributed by atoms with van der Waals surface area (Å²) in [5.74, 6) is 1.13. The zero-order valence-corrected chi connectivity index (χ0v) is 15.9. The van der Waals surface area contributed by atoms with E-state index in [0.29, 0.717) is 30.8 Å². The van der Waals surface area contributed by atoms with Crippen molar-refractivity contribution in [3.05, 3.63) is 35.6 Å². The van der Waals surface area contributed by atoms with Gasteiger partial charge in [-0.2, -0.15) is 0 Å². The maximum absolute atomic E-state index is 13.3. The first-order chi connectivity index (χ1) is 11.6. The Morgan fingerprint density at radius 2 is 2.16 bits per heavy atom. The molecule has 1 saturated heterocycles. The minimum Gasteiger partial charge on any atom is -0.339 e. The van der Waals surface area contributed by atoms with E-state index in [4.69, 9.17) is 0 Å². The molecule has 0 bridgehead atoms. The summed E-state index contributed by atoms with van der Waals surface area (Å²) in [6.45, 7) is 5.08. The van der Waals surface area contributed by atoms with Crippen molar-refractivity contribution in [2.75, 3.05) is 19.6 Å². The highest BCUT2D eigenvalue weighted by atomic mass is 35.5. The summed E-state index contributed by atoms with van der Waals surface area (Å²) in [5.41, 5.74) is 0.970. The molecule has 3 rings (SSSR count). The Hall–Kier alpha value is -1.13. The number of piperidine rings is 1. The average Bonchev–Trinajstić information content (AvgIpc) is 3.41. The summed E-state index contributed by atoms with van der Waals surface area (Å²) in [4.78, 5) is 14.9. The van der Waals surface area contributed by atoms with Gasteiger partial charge in [0.15, 0.2) is 0 Å². The lowest BCUT2D eigenvalue weighted by atomic mass is 9.85. The zero-order valence-electron chi connectivity index (χ0n) is 15.0. The van der Waals surface area contributed by atoms with Gasteiger partial charge in [0, 0.05) is 19.0 Å². The molecule has 1 aliphatic carbocycles. The standard InChI is InChI=1S/C20H29FN2O.ClH/c1-15(17-5-3-10-22-14-17)12-20(24)23(19-7-8-19)11-9-16-4-2-6-18(21)13-16;/h2,4,6,13,15,17,19,22H,3,5,7-12,14H2,1H3;1H. The summed E-state index contributed by atoms with van der Waals surface area (Å²) < 4.78 is 13.3. The van der Waals surface area contributed by atoms with Crippen LogP contribution < -0.4 is 5.32 Å². The molecule has 5 heteroatoms. The van der Waals surface area contributed by atoms with Crippen LogP contribution in [0.1, 0.15) is 44.6 Å². The predicted octanol–water partition coefficient (Wildman–Crippen LogP) is 3.81. The molecule has 25 heavy (non-hydrogen) atoms. The van der Waals surface area contributed by atoms with Gasteiger partial charge in [0.05, 0.1) is 0 Å². The first-order valence-corrected chi connectivity index (χ1v) is 9.38. The van der Waals surface area contributed by atoms with Crippen molar-refractivity contribution >= 4 is 18.3 Å². The maximum Gasteiger partial charge on any atom is 0.223 e. The number of carbonyl (C=O) groups excluding carboxylic acids is 1. The zero-order chi connectivity index (χ0) is 16.9. The van der Waals surface area contributed by atoms with Crippen molar-refractivity contribution in [2.45, 2.75) is 51.5 Å². The number of benzene rings is 1. The molecule has 1 heterocycles. The molecular weight excluding hydrogens is 339 g/mol.